The molecule has 3 aromatic heterocycles. The van der Waals surface area contributed by atoms with Crippen molar-refractivity contribution in [1.29, 1.82) is 0 Å². The van der Waals surface area contributed by atoms with E-state index in [-0.39, 0.29) is 20.1 Å². The van der Waals surface area contributed by atoms with Crippen LogP contribution in [-0.2, 0) is 26.5 Å². The summed E-state index contributed by atoms with van der Waals surface area (Å²) in [5, 5.41) is 8.88. The first-order valence-corrected chi connectivity index (χ1v) is 25.8. The number of fused-ring (bicyclic) bond motifs is 8. The van der Waals surface area contributed by atoms with Gasteiger partial charge in [-0.25, -0.2) is 0 Å². The molecule has 0 aliphatic rings. The van der Waals surface area contributed by atoms with Gasteiger partial charge in [-0.3, -0.25) is 4.98 Å². The van der Waals surface area contributed by atoms with E-state index in [1.807, 2.05) is 35.6 Å². The molecule has 311 valence electrons. The van der Waals surface area contributed by atoms with Gasteiger partial charge in [-0.15, -0.1) is 54.1 Å². The molecule has 0 saturated heterocycles. The van der Waals surface area contributed by atoms with E-state index < -0.39 is 8.07 Å². The third-order valence-electron chi connectivity index (χ3n) is 11.7. The van der Waals surface area contributed by atoms with Crippen molar-refractivity contribution < 1.29 is 20.1 Å². The molecule has 11 rings (SSSR count). The van der Waals surface area contributed by atoms with Crippen LogP contribution >= 0.6 is 11.3 Å². The monoisotopic (exact) mass is 1030 g/mol. The van der Waals surface area contributed by atoms with Crippen LogP contribution in [0.15, 0.2) is 176 Å². The number of rotatable bonds is 7. The van der Waals surface area contributed by atoms with Gasteiger partial charge < -0.3 is 9.55 Å². The predicted molar refractivity (Wildman–Crippen MR) is 269 cm³/mol. The van der Waals surface area contributed by atoms with Gasteiger partial charge in [-0.05, 0) is 84.9 Å². The second-order valence-corrected chi connectivity index (χ2v) is 23.6. The van der Waals surface area contributed by atoms with Crippen molar-refractivity contribution in [3.05, 3.63) is 194 Å². The Kier molecular flexibility index (Phi) is 11.8. The molecule has 0 fully saturated rings. The van der Waals surface area contributed by atoms with Crippen molar-refractivity contribution in [3.63, 3.8) is 0 Å². The molecule has 8 aromatic carbocycles. The molecule has 63 heavy (non-hydrogen) atoms. The van der Waals surface area contributed by atoms with Crippen LogP contribution in [0.3, 0.4) is 0 Å². The van der Waals surface area contributed by atoms with E-state index in [1.165, 1.54) is 58.2 Å². The molecule has 3 nitrogen and oxygen atoms in total. The number of aromatic nitrogens is 3. The zero-order chi connectivity index (χ0) is 42.4. The maximum Gasteiger partial charge on any atom is 0.0852 e. The molecule has 0 aliphatic heterocycles. The van der Waals surface area contributed by atoms with Crippen molar-refractivity contribution in [2.75, 3.05) is 0 Å². The van der Waals surface area contributed by atoms with Crippen LogP contribution in [0.5, 0.6) is 0 Å². The van der Waals surface area contributed by atoms with Crippen LogP contribution in [0, 0.1) is 18.1 Å². The van der Waals surface area contributed by atoms with Gasteiger partial charge in [0.25, 0.3) is 0 Å². The van der Waals surface area contributed by atoms with E-state index in [0.717, 1.165) is 51.2 Å². The molecule has 0 saturated carbocycles. The first-order chi connectivity index (χ1) is 30.2. The Bertz CT molecular complexity index is 3400. The number of imidazole rings is 1. The Morgan fingerprint density at radius 3 is 2.17 bits per heavy atom. The summed E-state index contributed by atoms with van der Waals surface area (Å²) in [5.41, 5.74) is 10.2. The third-order valence-corrected chi connectivity index (χ3v) is 15.0. The summed E-state index contributed by atoms with van der Waals surface area (Å²) in [7, 11) is -1.34. The molecule has 0 aliphatic carbocycles. The molecular weight excluding hydrogens is 979 g/mol. The van der Waals surface area contributed by atoms with Crippen molar-refractivity contribution in [2.45, 2.75) is 39.9 Å². The normalized spacial score (nSPS) is 11.7. The molecule has 0 spiro atoms. The molecule has 0 atom stereocenters. The summed E-state index contributed by atoms with van der Waals surface area (Å²) in [6, 6.07) is 67.0. The van der Waals surface area contributed by atoms with Gasteiger partial charge in [0.15, 0.2) is 0 Å². The zero-order valence-electron chi connectivity index (χ0n) is 36.1. The third kappa shape index (κ3) is 8.21. The summed E-state index contributed by atoms with van der Waals surface area (Å²) in [5.74, 6) is 1.58. The second-order valence-electron chi connectivity index (χ2n) is 17.5. The van der Waals surface area contributed by atoms with Gasteiger partial charge in [-0.2, -0.15) is 11.3 Å². The molecule has 3 heterocycles. The molecule has 11 aromatic rings. The van der Waals surface area contributed by atoms with Crippen molar-refractivity contribution in [3.8, 4) is 39.5 Å². The van der Waals surface area contributed by atoms with Gasteiger partial charge in [0.1, 0.15) is 0 Å². The smallest absolute Gasteiger partial charge is 0.0852 e. The fraction of sp³-hybridized carbons (Fsp3) is 0.123. The SMILES string of the molecule is CC(C)Cc1cc(-c2[c-]cccc2)ncc1[Si](C)(C)C.[Ir].[c-]1ccc2c(sc3ccccc32)c1-c1nc2c3ccc4ccccc4c3ccc2n1-c1cccc(-c2ccccc2)c1. The minimum absolute atomic E-state index is 0. The number of benzene rings is 8. The average Bonchev–Trinajstić information content (AvgIpc) is 3.89. The van der Waals surface area contributed by atoms with Crippen molar-refractivity contribution in [1.82, 2.24) is 14.5 Å². The predicted octanol–water partition coefficient (Wildman–Crippen LogP) is 15.1. The summed E-state index contributed by atoms with van der Waals surface area (Å²) >= 11 is 1.82. The fourth-order valence-electron chi connectivity index (χ4n) is 8.85. The standard InChI is InChI=1S/C39H23N2S.C18H24NSi.Ir/c1-2-10-25(11-3-1)27-13-8-14-28(24-27)41-35-23-22-30-29-15-5-4-12-26(29)20-21-32(30)37(35)40-39(41)34-18-9-17-33-31-16-6-7-19-36(31)42-38(33)34;1-14(2)11-16-12-17(15-9-7-6-8-10-15)19-13-18(16)20(3,4)5;/h1-17,19-24H;6-9,12-14H,11H2,1-5H3;/q2*-1;. The van der Waals surface area contributed by atoms with E-state index in [9.17, 15) is 0 Å². The van der Waals surface area contributed by atoms with Crippen LogP contribution in [0.4, 0.5) is 0 Å². The Labute approximate surface area is 388 Å². The quantitative estimate of drug-likeness (QED) is 0.0905. The summed E-state index contributed by atoms with van der Waals surface area (Å²) in [4.78, 5) is 10.1. The minimum Gasteiger partial charge on any atom is -0.333 e. The van der Waals surface area contributed by atoms with Crippen molar-refractivity contribution in [2.24, 2.45) is 5.92 Å². The summed E-state index contributed by atoms with van der Waals surface area (Å²) in [6.45, 7) is 11.7. The Morgan fingerprint density at radius 1 is 0.635 bits per heavy atom. The first kappa shape index (κ1) is 42.3. The number of hydrogen-bond acceptors (Lipinski definition) is 3. The van der Waals surface area contributed by atoms with Crippen LogP contribution in [-0.4, -0.2) is 22.6 Å². The fourth-order valence-corrected chi connectivity index (χ4v) is 11.6. The number of nitrogens with zero attached hydrogens (tertiary/aromatic N) is 3. The van der Waals surface area contributed by atoms with E-state index in [4.69, 9.17) is 4.98 Å². The topological polar surface area (TPSA) is 30.7 Å². The largest absolute Gasteiger partial charge is 0.333 e. The molecular formula is C57H47IrN3SSi-2. The average molecular weight is 1030 g/mol. The van der Waals surface area contributed by atoms with Crippen LogP contribution < -0.4 is 5.19 Å². The second kappa shape index (κ2) is 17.6. The maximum atomic E-state index is 5.46. The van der Waals surface area contributed by atoms with E-state index in [1.54, 1.807) is 0 Å². The van der Waals surface area contributed by atoms with E-state index in [2.05, 4.69) is 207 Å². The van der Waals surface area contributed by atoms with Gasteiger partial charge in [0, 0.05) is 42.1 Å². The first-order valence-electron chi connectivity index (χ1n) is 21.5. The molecule has 1 radical (unpaired) electrons. The van der Waals surface area contributed by atoms with Crippen LogP contribution in [0.2, 0.25) is 19.6 Å². The van der Waals surface area contributed by atoms with Crippen LogP contribution in [0.25, 0.3) is 92.2 Å². The molecule has 0 N–H and O–H groups in total. The van der Waals surface area contributed by atoms with Crippen LogP contribution in [0.1, 0.15) is 19.4 Å². The van der Waals surface area contributed by atoms with E-state index in [0.29, 0.717) is 5.92 Å². The summed E-state index contributed by atoms with van der Waals surface area (Å²) < 4.78 is 4.81. The molecule has 0 amide bonds. The van der Waals surface area contributed by atoms with Gasteiger partial charge in [0.2, 0.25) is 0 Å². The molecule has 0 bridgehead atoms. The Balaban J connectivity index is 0.000000204. The van der Waals surface area contributed by atoms with Crippen molar-refractivity contribution >= 4 is 77.3 Å². The van der Waals surface area contributed by atoms with Gasteiger partial charge in [-0.1, -0.05) is 159 Å². The molecule has 0 unspecified atom stereocenters. The Hall–Kier alpha value is -6.01. The number of hydrogen-bond donors (Lipinski definition) is 0. The van der Waals surface area contributed by atoms with E-state index >= 15 is 0 Å². The number of thiophene rings is 1. The van der Waals surface area contributed by atoms with Gasteiger partial charge >= 0.3 is 0 Å². The number of pyridine rings is 1. The zero-order valence-corrected chi connectivity index (χ0v) is 40.3. The summed E-state index contributed by atoms with van der Waals surface area (Å²) in [6.07, 6.45) is 3.24. The molecule has 6 heteroatoms. The maximum absolute atomic E-state index is 5.46. The minimum atomic E-state index is -1.34. The Morgan fingerprint density at radius 2 is 1.38 bits per heavy atom. The van der Waals surface area contributed by atoms with Gasteiger partial charge in [0.05, 0.1) is 24.9 Å².